The van der Waals surface area contributed by atoms with E-state index in [0.717, 1.165) is 61.7 Å². The van der Waals surface area contributed by atoms with E-state index in [2.05, 4.69) is 26.5 Å². The van der Waals surface area contributed by atoms with Crippen molar-refractivity contribution < 1.29 is 14.3 Å². The summed E-state index contributed by atoms with van der Waals surface area (Å²) in [5.74, 6) is 0.593. The van der Waals surface area contributed by atoms with Crippen LogP contribution in [0.4, 0.5) is 17.1 Å². The third-order valence-electron chi connectivity index (χ3n) is 6.85. The van der Waals surface area contributed by atoms with Crippen LogP contribution < -0.4 is 25.2 Å². The van der Waals surface area contributed by atoms with Crippen LogP contribution in [0.15, 0.2) is 66.7 Å². The Morgan fingerprint density at radius 2 is 1.47 bits per heavy atom. The number of para-hydroxylation sites is 2. The molecule has 2 aliphatic rings. The maximum absolute atomic E-state index is 13.2. The molecule has 3 aromatic rings. The maximum Gasteiger partial charge on any atom is 0.255 e. The summed E-state index contributed by atoms with van der Waals surface area (Å²) in [6.07, 6.45) is 2.03. The molecule has 2 N–H and O–H groups in total. The van der Waals surface area contributed by atoms with Gasteiger partial charge in [0.1, 0.15) is 5.75 Å². The topological polar surface area (TPSA) is 73.9 Å². The second-order valence-corrected chi connectivity index (χ2v) is 9.39. The van der Waals surface area contributed by atoms with E-state index < -0.39 is 0 Å². The third-order valence-corrected chi connectivity index (χ3v) is 6.85. The number of hydrogen-bond donors (Lipinski definition) is 2. The molecule has 0 atom stereocenters. The van der Waals surface area contributed by atoms with Crippen LogP contribution in [0.5, 0.6) is 5.75 Å². The van der Waals surface area contributed by atoms with Crippen molar-refractivity contribution in [1.29, 1.82) is 0 Å². The molecule has 0 radical (unpaired) electrons. The van der Waals surface area contributed by atoms with Gasteiger partial charge in [-0.25, -0.2) is 0 Å². The second kappa shape index (κ2) is 10.3. The molecule has 186 valence electrons. The molecule has 5 rings (SSSR count). The fraction of sp³-hybridized carbons (Fsp3) is 0.310. The number of hydrogen-bond acceptors (Lipinski definition) is 5. The van der Waals surface area contributed by atoms with Gasteiger partial charge in [-0.2, -0.15) is 0 Å². The van der Waals surface area contributed by atoms with Gasteiger partial charge in [-0.1, -0.05) is 30.3 Å². The number of carbonyl (C=O) groups excluding carboxylic acids is 2. The number of ether oxygens (including phenoxy) is 1. The van der Waals surface area contributed by atoms with E-state index in [1.54, 1.807) is 19.2 Å². The monoisotopic (exact) mass is 484 g/mol. The predicted octanol–water partition coefficient (Wildman–Crippen LogP) is 4.47. The number of piperazine rings is 1. The average molecular weight is 485 g/mol. The first-order valence-corrected chi connectivity index (χ1v) is 12.5. The molecule has 1 heterocycles. The Morgan fingerprint density at radius 3 is 2.17 bits per heavy atom. The first kappa shape index (κ1) is 23.7. The molecule has 0 bridgehead atoms. The molecule has 3 aromatic carbocycles. The molecule has 0 unspecified atom stereocenters. The van der Waals surface area contributed by atoms with Crippen molar-refractivity contribution in [2.75, 3.05) is 48.4 Å². The molecule has 7 nitrogen and oxygen atoms in total. The largest absolute Gasteiger partial charge is 0.495 e. The van der Waals surface area contributed by atoms with Gasteiger partial charge in [0.05, 0.1) is 18.4 Å². The summed E-state index contributed by atoms with van der Waals surface area (Å²) in [6, 6.07) is 21.4. The van der Waals surface area contributed by atoms with E-state index in [-0.39, 0.29) is 17.9 Å². The summed E-state index contributed by atoms with van der Waals surface area (Å²) >= 11 is 0. The fourth-order valence-electron chi connectivity index (χ4n) is 4.67. The molecular formula is C29H32N4O3. The molecule has 1 saturated carbocycles. The van der Waals surface area contributed by atoms with Crippen LogP contribution in [-0.4, -0.2) is 51.1 Å². The van der Waals surface area contributed by atoms with Gasteiger partial charge in [-0.05, 0) is 61.7 Å². The number of nitrogens with zero attached hydrogens (tertiary/aromatic N) is 2. The lowest BCUT2D eigenvalue weighted by atomic mass is 10.1. The SMILES string of the molecule is COc1ccccc1N1CCN(c2ccc(NC(=O)c3ccccc3C)cc2C(=O)NC2CC2)CC1. The lowest BCUT2D eigenvalue weighted by molar-refractivity contribution is 0.0950. The summed E-state index contributed by atoms with van der Waals surface area (Å²) in [7, 11) is 1.69. The van der Waals surface area contributed by atoms with Gasteiger partial charge in [-0.3, -0.25) is 9.59 Å². The van der Waals surface area contributed by atoms with Gasteiger partial charge >= 0.3 is 0 Å². The van der Waals surface area contributed by atoms with Gasteiger partial charge in [0.25, 0.3) is 11.8 Å². The minimum Gasteiger partial charge on any atom is -0.495 e. The summed E-state index contributed by atoms with van der Waals surface area (Å²) in [5, 5.41) is 6.09. The lowest BCUT2D eigenvalue weighted by Gasteiger charge is -2.38. The molecular weight excluding hydrogens is 452 g/mol. The Morgan fingerprint density at radius 1 is 0.806 bits per heavy atom. The van der Waals surface area contributed by atoms with Crippen LogP contribution in [0, 0.1) is 6.92 Å². The van der Waals surface area contributed by atoms with Gasteiger partial charge in [0, 0.05) is 49.2 Å². The van der Waals surface area contributed by atoms with E-state index >= 15 is 0 Å². The number of methoxy groups -OCH3 is 1. The highest BCUT2D eigenvalue weighted by molar-refractivity contribution is 6.07. The number of benzene rings is 3. The van der Waals surface area contributed by atoms with Crippen LogP contribution in [-0.2, 0) is 0 Å². The van der Waals surface area contributed by atoms with E-state index in [1.165, 1.54) is 0 Å². The zero-order chi connectivity index (χ0) is 25.1. The standard InChI is InChI=1S/C29H32N4O3/c1-20-7-3-4-8-23(20)28(34)31-22-13-14-25(24(19-22)29(35)30-21-11-12-21)32-15-17-33(18-16-32)26-9-5-6-10-27(26)36-2/h3-10,13-14,19,21H,11-12,15-18H2,1-2H3,(H,30,35)(H,31,34). The zero-order valence-electron chi connectivity index (χ0n) is 20.8. The van der Waals surface area contributed by atoms with Gasteiger partial charge < -0.3 is 25.2 Å². The third kappa shape index (κ3) is 5.15. The lowest BCUT2D eigenvalue weighted by Crippen LogP contribution is -2.47. The van der Waals surface area contributed by atoms with Crippen molar-refractivity contribution in [2.45, 2.75) is 25.8 Å². The first-order chi connectivity index (χ1) is 17.5. The molecule has 1 aliphatic carbocycles. The van der Waals surface area contributed by atoms with Crippen molar-refractivity contribution in [1.82, 2.24) is 5.32 Å². The Kier molecular flexibility index (Phi) is 6.80. The van der Waals surface area contributed by atoms with Crippen LogP contribution in [0.1, 0.15) is 39.1 Å². The van der Waals surface area contributed by atoms with E-state index in [1.807, 2.05) is 55.5 Å². The number of rotatable bonds is 7. The summed E-state index contributed by atoms with van der Waals surface area (Å²) in [6.45, 7) is 5.09. The fourth-order valence-corrected chi connectivity index (χ4v) is 4.67. The molecule has 1 saturated heterocycles. The van der Waals surface area contributed by atoms with Crippen molar-refractivity contribution in [2.24, 2.45) is 0 Å². The zero-order valence-corrected chi connectivity index (χ0v) is 20.8. The molecule has 7 heteroatoms. The number of carbonyl (C=O) groups is 2. The molecule has 0 aromatic heterocycles. The Balaban J connectivity index is 1.36. The summed E-state index contributed by atoms with van der Waals surface area (Å²) < 4.78 is 5.54. The van der Waals surface area contributed by atoms with Gasteiger partial charge in [0.15, 0.2) is 0 Å². The van der Waals surface area contributed by atoms with Crippen molar-refractivity contribution in [3.63, 3.8) is 0 Å². The Hall–Kier alpha value is -4.00. The van der Waals surface area contributed by atoms with Crippen LogP contribution in [0.3, 0.4) is 0 Å². The molecule has 1 aliphatic heterocycles. The number of amides is 2. The Labute approximate surface area is 212 Å². The van der Waals surface area contributed by atoms with Crippen LogP contribution in [0.2, 0.25) is 0 Å². The predicted molar refractivity (Wildman–Crippen MR) is 143 cm³/mol. The van der Waals surface area contributed by atoms with E-state index in [4.69, 9.17) is 4.74 Å². The minimum atomic E-state index is -0.181. The van der Waals surface area contributed by atoms with E-state index in [0.29, 0.717) is 16.8 Å². The molecule has 36 heavy (non-hydrogen) atoms. The smallest absolute Gasteiger partial charge is 0.255 e. The highest BCUT2D eigenvalue weighted by Crippen LogP contribution is 2.31. The van der Waals surface area contributed by atoms with Crippen molar-refractivity contribution in [3.8, 4) is 5.75 Å². The molecule has 2 fully saturated rings. The number of anilines is 3. The highest BCUT2D eigenvalue weighted by Gasteiger charge is 2.28. The minimum absolute atomic E-state index is 0.0911. The first-order valence-electron chi connectivity index (χ1n) is 12.5. The molecule has 2 amide bonds. The van der Waals surface area contributed by atoms with Crippen molar-refractivity contribution in [3.05, 3.63) is 83.4 Å². The van der Waals surface area contributed by atoms with E-state index in [9.17, 15) is 9.59 Å². The van der Waals surface area contributed by atoms with Gasteiger partial charge in [-0.15, -0.1) is 0 Å². The Bertz CT molecular complexity index is 1260. The highest BCUT2D eigenvalue weighted by atomic mass is 16.5. The number of aryl methyl sites for hydroxylation is 1. The summed E-state index contributed by atoms with van der Waals surface area (Å²) in [5.41, 5.74) is 4.71. The number of nitrogens with one attached hydrogen (secondary N) is 2. The molecule has 0 spiro atoms. The maximum atomic E-state index is 13.2. The second-order valence-electron chi connectivity index (χ2n) is 9.39. The normalized spacial score (nSPS) is 15.4. The summed E-state index contributed by atoms with van der Waals surface area (Å²) in [4.78, 5) is 30.7. The average Bonchev–Trinajstić information content (AvgIpc) is 3.73. The quantitative estimate of drug-likeness (QED) is 0.518. The van der Waals surface area contributed by atoms with Gasteiger partial charge in [0.2, 0.25) is 0 Å². The van der Waals surface area contributed by atoms with Crippen LogP contribution >= 0.6 is 0 Å². The van der Waals surface area contributed by atoms with Crippen LogP contribution in [0.25, 0.3) is 0 Å². The van der Waals surface area contributed by atoms with Crippen molar-refractivity contribution >= 4 is 28.9 Å².